The minimum atomic E-state index is 0.965. The first-order chi connectivity index (χ1) is 9.72. The summed E-state index contributed by atoms with van der Waals surface area (Å²) in [7, 11) is 0. The second-order valence-electron chi connectivity index (χ2n) is 5.35. The van der Waals surface area contributed by atoms with Gasteiger partial charge in [0.05, 0.1) is 5.69 Å². The van der Waals surface area contributed by atoms with Gasteiger partial charge in [-0.15, -0.1) is 5.10 Å². The van der Waals surface area contributed by atoms with Crippen molar-refractivity contribution >= 4 is 11.5 Å². The fourth-order valence-corrected chi connectivity index (χ4v) is 2.58. The molecule has 1 saturated heterocycles. The average molecular weight is 268 g/mol. The van der Waals surface area contributed by atoms with Crippen molar-refractivity contribution in [3.63, 3.8) is 0 Å². The molecule has 1 aromatic heterocycles. The summed E-state index contributed by atoms with van der Waals surface area (Å²) in [5.41, 5.74) is 3.60. The van der Waals surface area contributed by atoms with Crippen LogP contribution in [0, 0.1) is 13.8 Å². The van der Waals surface area contributed by atoms with Crippen LogP contribution in [0.2, 0.25) is 0 Å². The van der Waals surface area contributed by atoms with Gasteiger partial charge in [0.25, 0.3) is 0 Å². The Balaban J connectivity index is 1.66. The Morgan fingerprint density at radius 2 is 1.60 bits per heavy atom. The summed E-state index contributed by atoms with van der Waals surface area (Å²) < 4.78 is 0. The lowest BCUT2D eigenvalue weighted by atomic mass is 10.2. The monoisotopic (exact) mass is 268 g/mol. The topological polar surface area (TPSA) is 32.3 Å². The normalized spacial score (nSPS) is 15.5. The van der Waals surface area contributed by atoms with Crippen LogP contribution in [0.15, 0.2) is 36.4 Å². The van der Waals surface area contributed by atoms with Crippen LogP contribution in [-0.2, 0) is 0 Å². The van der Waals surface area contributed by atoms with Crippen molar-refractivity contribution in [3.8, 4) is 0 Å². The summed E-state index contributed by atoms with van der Waals surface area (Å²) in [6.07, 6.45) is 0. The van der Waals surface area contributed by atoms with Crippen molar-refractivity contribution in [3.05, 3.63) is 47.7 Å². The van der Waals surface area contributed by atoms with Gasteiger partial charge < -0.3 is 9.80 Å². The predicted octanol–water partition coefficient (Wildman–Crippen LogP) is 2.42. The van der Waals surface area contributed by atoms with E-state index in [4.69, 9.17) is 0 Å². The van der Waals surface area contributed by atoms with Crippen LogP contribution < -0.4 is 9.80 Å². The quantitative estimate of drug-likeness (QED) is 0.837. The minimum absolute atomic E-state index is 0.965. The van der Waals surface area contributed by atoms with Crippen LogP contribution in [0.1, 0.15) is 11.3 Å². The average Bonchev–Trinajstić information content (AvgIpc) is 2.48. The van der Waals surface area contributed by atoms with Gasteiger partial charge in [-0.2, -0.15) is 5.10 Å². The molecular formula is C16H20N4. The number of anilines is 2. The molecular weight excluding hydrogens is 248 g/mol. The summed E-state index contributed by atoms with van der Waals surface area (Å²) in [6, 6.07) is 12.8. The van der Waals surface area contributed by atoms with Crippen molar-refractivity contribution in [2.45, 2.75) is 13.8 Å². The zero-order chi connectivity index (χ0) is 13.9. The van der Waals surface area contributed by atoms with E-state index in [0.717, 1.165) is 37.7 Å². The molecule has 0 spiro atoms. The van der Waals surface area contributed by atoms with Gasteiger partial charge in [0.15, 0.2) is 5.82 Å². The molecule has 0 bridgehead atoms. The van der Waals surface area contributed by atoms with Crippen LogP contribution in [0.5, 0.6) is 0 Å². The lowest BCUT2D eigenvalue weighted by molar-refractivity contribution is 0.643. The largest absolute Gasteiger partial charge is 0.368 e. The molecule has 4 nitrogen and oxygen atoms in total. The van der Waals surface area contributed by atoms with E-state index in [1.165, 1.54) is 11.3 Å². The molecule has 1 fully saturated rings. The van der Waals surface area contributed by atoms with E-state index < -0.39 is 0 Å². The van der Waals surface area contributed by atoms with Gasteiger partial charge in [-0.05, 0) is 43.7 Å². The zero-order valence-corrected chi connectivity index (χ0v) is 12.1. The van der Waals surface area contributed by atoms with E-state index in [-0.39, 0.29) is 0 Å². The Morgan fingerprint density at radius 3 is 2.25 bits per heavy atom. The first kappa shape index (κ1) is 12.9. The number of benzene rings is 1. The van der Waals surface area contributed by atoms with E-state index in [2.05, 4.69) is 57.3 Å². The van der Waals surface area contributed by atoms with E-state index in [9.17, 15) is 0 Å². The molecule has 1 aliphatic heterocycles. The third kappa shape index (κ3) is 2.74. The highest BCUT2D eigenvalue weighted by molar-refractivity contribution is 5.50. The number of hydrogen-bond acceptors (Lipinski definition) is 4. The summed E-state index contributed by atoms with van der Waals surface area (Å²) in [5.74, 6) is 0.986. The number of aryl methyl sites for hydroxylation is 2. The molecule has 0 N–H and O–H groups in total. The SMILES string of the molecule is Cc1cccc(N2CCN(c3ccc(C)nn3)CC2)c1. The van der Waals surface area contributed by atoms with Crippen molar-refractivity contribution in [1.29, 1.82) is 0 Å². The van der Waals surface area contributed by atoms with Crippen LogP contribution in [-0.4, -0.2) is 36.4 Å². The highest BCUT2D eigenvalue weighted by Crippen LogP contribution is 2.19. The van der Waals surface area contributed by atoms with E-state index in [1.54, 1.807) is 0 Å². The van der Waals surface area contributed by atoms with E-state index in [0.29, 0.717) is 0 Å². The first-order valence-electron chi connectivity index (χ1n) is 7.09. The molecule has 0 radical (unpaired) electrons. The summed E-state index contributed by atoms with van der Waals surface area (Å²) >= 11 is 0. The molecule has 0 unspecified atom stereocenters. The Labute approximate surface area is 120 Å². The van der Waals surface area contributed by atoms with Gasteiger partial charge >= 0.3 is 0 Å². The molecule has 0 aliphatic carbocycles. The number of nitrogens with zero attached hydrogens (tertiary/aromatic N) is 4. The summed E-state index contributed by atoms with van der Waals surface area (Å²) in [5, 5.41) is 8.41. The maximum Gasteiger partial charge on any atom is 0.151 e. The molecule has 1 aliphatic rings. The molecule has 104 valence electrons. The third-order valence-corrected chi connectivity index (χ3v) is 3.75. The second-order valence-corrected chi connectivity index (χ2v) is 5.35. The van der Waals surface area contributed by atoms with Crippen molar-refractivity contribution < 1.29 is 0 Å². The molecule has 2 aromatic rings. The van der Waals surface area contributed by atoms with Gasteiger partial charge in [0.2, 0.25) is 0 Å². The fourth-order valence-electron chi connectivity index (χ4n) is 2.58. The Bertz CT molecular complexity index is 571. The first-order valence-corrected chi connectivity index (χ1v) is 7.09. The molecule has 0 saturated carbocycles. The van der Waals surface area contributed by atoms with Gasteiger partial charge in [0.1, 0.15) is 0 Å². The highest BCUT2D eigenvalue weighted by atomic mass is 15.3. The lowest BCUT2D eigenvalue weighted by Crippen LogP contribution is -2.46. The maximum atomic E-state index is 4.27. The molecule has 20 heavy (non-hydrogen) atoms. The van der Waals surface area contributed by atoms with Crippen LogP contribution in [0.3, 0.4) is 0 Å². The third-order valence-electron chi connectivity index (χ3n) is 3.75. The van der Waals surface area contributed by atoms with Gasteiger partial charge in [-0.1, -0.05) is 12.1 Å². The van der Waals surface area contributed by atoms with Crippen LogP contribution >= 0.6 is 0 Å². The van der Waals surface area contributed by atoms with Gasteiger partial charge in [0, 0.05) is 31.9 Å². The van der Waals surface area contributed by atoms with E-state index in [1.807, 2.05) is 13.0 Å². The van der Waals surface area contributed by atoms with Crippen molar-refractivity contribution in [1.82, 2.24) is 10.2 Å². The standard InChI is InChI=1S/C16H20N4/c1-13-4-3-5-15(12-13)19-8-10-20(11-9-19)16-7-6-14(2)17-18-16/h3-7,12H,8-11H2,1-2H3. The molecule has 4 heteroatoms. The van der Waals surface area contributed by atoms with Crippen LogP contribution in [0.4, 0.5) is 11.5 Å². The fraction of sp³-hybridized carbons (Fsp3) is 0.375. The molecule has 0 amide bonds. The van der Waals surface area contributed by atoms with Gasteiger partial charge in [-0.3, -0.25) is 0 Å². The number of aromatic nitrogens is 2. The Morgan fingerprint density at radius 1 is 0.850 bits per heavy atom. The van der Waals surface area contributed by atoms with E-state index >= 15 is 0 Å². The molecule has 3 rings (SSSR count). The molecule has 2 heterocycles. The Hall–Kier alpha value is -2.10. The number of piperazine rings is 1. The smallest absolute Gasteiger partial charge is 0.151 e. The number of rotatable bonds is 2. The molecule has 0 atom stereocenters. The van der Waals surface area contributed by atoms with Gasteiger partial charge in [-0.25, -0.2) is 0 Å². The highest BCUT2D eigenvalue weighted by Gasteiger charge is 2.18. The summed E-state index contributed by atoms with van der Waals surface area (Å²) in [6.45, 7) is 8.14. The molecule has 1 aromatic carbocycles. The zero-order valence-electron chi connectivity index (χ0n) is 12.1. The van der Waals surface area contributed by atoms with Crippen LogP contribution in [0.25, 0.3) is 0 Å². The lowest BCUT2D eigenvalue weighted by Gasteiger charge is -2.36. The minimum Gasteiger partial charge on any atom is -0.368 e. The maximum absolute atomic E-state index is 4.27. The Kier molecular flexibility index (Phi) is 3.54. The van der Waals surface area contributed by atoms with Crippen molar-refractivity contribution in [2.24, 2.45) is 0 Å². The van der Waals surface area contributed by atoms with Crippen molar-refractivity contribution in [2.75, 3.05) is 36.0 Å². The number of hydrogen-bond donors (Lipinski definition) is 0. The predicted molar refractivity (Wildman–Crippen MR) is 82.4 cm³/mol. The summed E-state index contributed by atoms with van der Waals surface area (Å²) in [4.78, 5) is 4.74. The second kappa shape index (κ2) is 5.49.